The molecule has 1 aromatic carbocycles. The molecule has 2 heterocycles. The number of Topliss-reactive ketones (excluding diaryl/α,β-unsaturated/α-hetero) is 2. The molecule has 7 atom stereocenters. The molecule has 1 aliphatic heterocycles. The van der Waals surface area contributed by atoms with E-state index in [9.17, 15) is 43.3 Å². The number of thiol groups is 1. The molecule has 3 rings (SSSR count). The van der Waals surface area contributed by atoms with Gasteiger partial charge in [-0.1, -0.05) is 85.3 Å². The topological polar surface area (TPSA) is 343 Å². The number of nitrogens with zero attached hydrogens (tertiary/aromatic N) is 3. The van der Waals surface area contributed by atoms with Crippen molar-refractivity contribution in [2.45, 2.75) is 148 Å². The number of rotatable bonds is 56. The van der Waals surface area contributed by atoms with E-state index in [4.69, 9.17) is 49.4 Å². The first-order valence-electron chi connectivity index (χ1n) is 32.3. The fourth-order valence-electron chi connectivity index (χ4n) is 10.2. The van der Waals surface area contributed by atoms with E-state index in [1.807, 2.05) is 24.5 Å². The van der Waals surface area contributed by atoms with Gasteiger partial charge in [-0.3, -0.25) is 33.6 Å². The van der Waals surface area contributed by atoms with Crippen LogP contribution in [0.3, 0.4) is 0 Å². The van der Waals surface area contributed by atoms with Crippen LogP contribution >= 0.6 is 28.2 Å². The quantitative estimate of drug-likeness (QED) is 0.0263. The third kappa shape index (κ3) is 36.9. The number of hydrogen-bond acceptors (Lipinski definition) is 18. The smallest absolute Gasteiger partial charge is 0.243 e. The van der Waals surface area contributed by atoms with E-state index >= 15 is 0 Å². The molecule has 0 aliphatic carbocycles. The lowest BCUT2D eigenvalue weighted by Crippen LogP contribution is -2.52. The second kappa shape index (κ2) is 48.5. The molecule has 2 aromatic rings. The highest BCUT2D eigenvalue weighted by atomic mass is 32.1. The van der Waals surface area contributed by atoms with Crippen molar-refractivity contribution in [1.82, 2.24) is 30.4 Å². The Bertz CT molecular complexity index is 2430. The molecule has 0 radical (unpaired) electrons. The lowest BCUT2D eigenvalue weighted by Gasteiger charge is -2.28. The largest absolute Gasteiger partial charge is 0.379 e. The number of aryl methyl sites for hydroxylation is 2. The zero-order valence-corrected chi connectivity index (χ0v) is 57.1. The molecule has 28 heteroatoms. The predicted molar refractivity (Wildman–Crippen MR) is 353 cm³/mol. The zero-order valence-electron chi connectivity index (χ0n) is 54.3. The van der Waals surface area contributed by atoms with Crippen LogP contribution in [0, 0.1) is 23.7 Å². The molecule has 1 aromatic heterocycles. The molecule has 5 amide bonds. The molecule has 0 unspecified atom stereocenters. The number of ether oxygens (including phenoxy) is 8. The molecular formula is C63H108N8O17P2S. The Hall–Kier alpha value is -4.24. The van der Waals surface area contributed by atoms with E-state index < -0.39 is 72.4 Å². The molecule has 1 aliphatic rings. The van der Waals surface area contributed by atoms with Crippen LogP contribution in [-0.4, -0.2) is 220 Å². The number of primary amides is 1. The number of benzene rings is 1. The van der Waals surface area contributed by atoms with Crippen molar-refractivity contribution < 1.29 is 81.2 Å². The Kier molecular flexibility index (Phi) is 43.1. The number of hydrogen-bond donors (Lipinski definition) is 8. The number of imidazole rings is 1. The first-order chi connectivity index (χ1) is 43.7. The van der Waals surface area contributed by atoms with Gasteiger partial charge in [0.2, 0.25) is 29.5 Å². The van der Waals surface area contributed by atoms with Crippen LogP contribution < -0.4 is 27.4 Å². The van der Waals surface area contributed by atoms with Crippen molar-refractivity contribution in [3.05, 3.63) is 54.1 Å². The maximum atomic E-state index is 14.5. The van der Waals surface area contributed by atoms with Gasteiger partial charge in [0.25, 0.3) is 0 Å². The van der Waals surface area contributed by atoms with Crippen LogP contribution in [0.1, 0.15) is 116 Å². The molecule has 0 bridgehead atoms. The van der Waals surface area contributed by atoms with Gasteiger partial charge in [0, 0.05) is 68.6 Å². The fraction of sp³-hybridized carbons (Fsp3) is 0.746. The molecule has 9 N–H and O–H groups in total. The number of amides is 5. The number of likely N-dealkylation sites (tertiary alicyclic amines) is 1. The lowest BCUT2D eigenvalue weighted by molar-refractivity contribution is -0.140. The first kappa shape index (κ1) is 81.0. The van der Waals surface area contributed by atoms with Gasteiger partial charge < -0.3 is 84.6 Å². The molecular weight excluding hydrogens is 1230 g/mol. The fourth-order valence-corrected chi connectivity index (χ4v) is 12.3. The van der Waals surface area contributed by atoms with Crippen molar-refractivity contribution in [3.63, 3.8) is 0 Å². The van der Waals surface area contributed by atoms with Crippen molar-refractivity contribution >= 4 is 69.3 Å². The Balaban J connectivity index is 1.40. The number of carbonyl (C=O) groups is 7. The normalized spacial score (nSPS) is 15.4. The third-order valence-electron chi connectivity index (χ3n) is 15.3. The van der Waals surface area contributed by atoms with E-state index in [-0.39, 0.29) is 80.7 Å². The molecule has 0 saturated carbocycles. The summed E-state index contributed by atoms with van der Waals surface area (Å²) in [5, 5.41) is 8.41. The predicted octanol–water partition coefficient (Wildman–Crippen LogP) is 4.09. The van der Waals surface area contributed by atoms with Gasteiger partial charge in [-0.15, -0.1) is 0 Å². The van der Waals surface area contributed by atoms with Gasteiger partial charge in [0.05, 0.1) is 143 Å². The van der Waals surface area contributed by atoms with Gasteiger partial charge >= 0.3 is 0 Å². The van der Waals surface area contributed by atoms with Gasteiger partial charge in [0.1, 0.15) is 13.0 Å². The average molecular weight is 1340 g/mol. The molecule has 1 fully saturated rings. The SMILES string of the molecule is CC(C)C[C@H](NC(=O)[C@@H]1CCCN1C(=O)CCOCCOCCOCCOCCOCCOCCOCCOCCNC(=O)[C@@H](N)CS)C(=O)C[C@@H](Cc1cncn1CCCCCCCCc1ccccc1)C(=O)N[C@@H](C)C(=O)C[C@H](C(N)=O)[C@@H](C)CP(O)(O)=P. The highest BCUT2D eigenvalue weighted by molar-refractivity contribution is 7.91. The van der Waals surface area contributed by atoms with Crippen molar-refractivity contribution in [2.24, 2.45) is 35.1 Å². The Morgan fingerprint density at radius 1 is 0.714 bits per heavy atom. The van der Waals surface area contributed by atoms with Crippen molar-refractivity contribution in [2.75, 3.05) is 131 Å². The van der Waals surface area contributed by atoms with Crippen LogP contribution in [0.5, 0.6) is 0 Å². The highest BCUT2D eigenvalue weighted by Gasteiger charge is 2.38. The van der Waals surface area contributed by atoms with E-state index in [1.165, 1.54) is 17.4 Å². The first-order valence-corrected chi connectivity index (χ1v) is 36.2. The molecule has 1 saturated heterocycles. The summed E-state index contributed by atoms with van der Waals surface area (Å²) in [6, 6.07) is 6.96. The van der Waals surface area contributed by atoms with Crippen LogP contribution in [0.15, 0.2) is 42.9 Å². The standard InChI is InChI=1S/C63H108N8O17P2S/c1-47(2)39-55(69-63(78)56-18-14-22-71(56)59(74)19-23-81-25-27-83-29-31-85-33-35-87-37-38-88-36-34-86-32-30-84-28-26-82-24-20-67-62(77)54(64)45-91)58(73)41-51(61(76)68-49(4)57(72)42-53(60(65)75)48(3)44-90(79,80)89)40-52-43-66-46-70(52)21-13-8-6-5-7-10-15-50-16-11-9-12-17-50/h9,11-12,16-17,43,46-49,51,53-56,79-80,89,91H,5-8,10,13-15,18-42,44-45,64H2,1-4H3,(H2,65,75)(H,67,77)(H,68,76)(H,69,78)/t48-,49-,51+,53-,54-,55-,56-/m0/s1. The minimum atomic E-state index is -3.49. The second-order valence-electron chi connectivity index (χ2n) is 23.5. The van der Waals surface area contributed by atoms with E-state index in [1.54, 1.807) is 19.4 Å². The van der Waals surface area contributed by atoms with Gasteiger partial charge in [-0.25, -0.2) is 4.98 Å². The monoisotopic (exact) mass is 1340 g/mol. The summed E-state index contributed by atoms with van der Waals surface area (Å²) in [7, 11) is -0.574. The molecule has 0 spiro atoms. The Morgan fingerprint density at radius 2 is 1.25 bits per heavy atom. The summed E-state index contributed by atoms with van der Waals surface area (Å²) in [5.41, 5.74) is 13.3. The minimum Gasteiger partial charge on any atom is -0.379 e. The average Bonchev–Trinajstić information content (AvgIpc) is 2.07. The van der Waals surface area contributed by atoms with E-state index in [0.717, 1.165) is 50.6 Å². The number of nitrogens with one attached hydrogen (secondary N) is 3. The molecule has 25 nitrogen and oxygen atoms in total. The summed E-state index contributed by atoms with van der Waals surface area (Å²) in [5.74, 6) is -5.66. The maximum Gasteiger partial charge on any atom is 0.243 e. The summed E-state index contributed by atoms with van der Waals surface area (Å²) in [6.07, 6.45) is 11.4. The summed E-state index contributed by atoms with van der Waals surface area (Å²) >= 11 is 3.99. The number of nitrogens with two attached hydrogens (primary N) is 2. The number of unbranched alkanes of at least 4 members (excludes halogenated alkanes) is 5. The summed E-state index contributed by atoms with van der Waals surface area (Å²) in [6.45, 7) is 14.2. The van der Waals surface area contributed by atoms with E-state index in [2.05, 4.69) is 66.4 Å². The highest BCUT2D eigenvalue weighted by Crippen LogP contribution is 2.45. The van der Waals surface area contributed by atoms with E-state index in [0.29, 0.717) is 125 Å². The van der Waals surface area contributed by atoms with Crippen molar-refractivity contribution in [3.8, 4) is 0 Å². The number of aromatic nitrogens is 2. The van der Waals surface area contributed by atoms with Gasteiger partial charge in [-0.05, 0) is 62.8 Å². The van der Waals surface area contributed by atoms with Crippen LogP contribution in [0.25, 0.3) is 0 Å². The van der Waals surface area contributed by atoms with Crippen LogP contribution in [0.4, 0.5) is 0 Å². The summed E-state index contributed by atoms with van der Waals surface area (Å²) in [4.78, 5) is 120. The minimum absolute atomic E-state index is 0.0362. The Labute approximate surface area is 546 Å². The van der Waals surface area contributed by atoms with Gasteiger partial charge in [-0.2, -0.15) is 12.6 Å². The Morgan fingerprint density at radius 3 is 1.79 bits per heavy atom. The maximum absolute atomic E-state index is 14.5. The molecule has 518 valence electrons. The molecule has 91 heavy (non-hydrogen) atoms. The summed E-state index contributed by atoms with van der Waals surface area (Å²) < 4.78 is 46.2. The van der Waals surface area contributed by atoms with Gasteiger partial charge in [0.15, 0.2) is 11.6 Å². The lowest BCUT2D eigenvalue weighted by atomic mass is 9.87. The third-order valence-corrected chi connectivity index (χ3v) is 17.3. The van der Waals surface area contributed by atoms with Crippen LogP contribution in [0.2, 0.25) is 0 Å². The second-order valence-corrected chi connectivity index (χ2v) is 27.8. The zero-order chi connectivity index (χ0) is 66.7. The number of carbonyl (C=O) groups excluding carboxylic acids is 7. The number of ketones is 2. The van der Waals surface area contributed by atoms with Crippen molar-refractivity contribution in [1.29, 1.82) is 0 Å². The van der Waals surface area contributed by atoms with Crippen LogP contribution in [-0.2, 0) is 90.8 Å².